The van der Waals surface area contributed by atoms with Gasteiger partial charge in [-0.05, 0) is 68.3 Å². The average molecular weight is 641 g/mol. The standard InChI is InChI=1S/C34H45ClN4O6/c1-39(24-9-7-22(8-10-24)21-5-3-4-6-21)15-16-45-34(43)37-28-18-31(44-2)23(17-27(28)35)19-36-20-30(41)25-11-13-29(40)33-26(25)12-14-32(42)38-33/h11-14,17-18,21-22,24,30,36,40-41H,3-10,15-16,19-20H2,1-2H3,(H,37,43)(H,38,42)/t22?,24?,30-/m0/s1. The molecule has 2 fully saturated rings. The van der Waals surface area contributed by atoms with Crippen LogP contribution in [0.25, 0.3) is 10.9 Å². The Labute approximate surface area is 269 Å². The van der Waals surface area contributed by atoms with Crippen LogP contribution in [0.1, 0.15) is 68.6 Å². The van der Waals surface area contributed by atoms with Gasteiger partial charge in [0.25, 0.3) is 0 Å². The number of anilines is 1. The largest absolute Gasteiger partial charge is 0.506 e. The van der Waals surface area contributed by atoms with Gasteiger partial charge in [0.15, 0.2) is 0 Å². The molecular weight excluding hydrogens is 596 g/mol. The van der Waals surface area contributed by atoms with Crippen LogP contribution in [0.2, 0.25) is 5.02 Å². The lowest BCUT2D eigenvalue weighted by Gasteiger charge is -2.36. The van der Waals surface area contributed by atoms with Crippen molar-refractivity contribution in [1.82, 2.24) is 15.2 Å². The Balaban J connectivity index is 1.08. The Bertz CT molecular complexity index is 1520. The maximum atomic E-state index is 12.6. The number of aliphatic hydroxyl groups is 1. The van der Waals surface area contributed by atoms with Crippen LogP contribution in [0.5, 0.6) is 11.5 Å². The first-order valence-electron chi connectivity index (χ1n) is 16.0. The monoisotopic (exact) mass is 640 g/mol. The minimum Gasteiger partial charge on any atom is -0.506 e. The summed E-state index contributed by atoms with van der Waals surface area (Å²) in [5.74, 6) is 2.29. The summed E-state index contributed by atoms with van der Waals surface area (Å²) in [4.78, 5) is 29.2. The zero-order valence-electron chi connectivity index (χ0n) is 26.1. The van der Waals surface area contributed by atoms with E-state index in [0.29, 0.717) is 46.5 Å². The molecule has 0 radical (unpaired) electrons. The Morgan fingerprint density at radius 1 is 1.09 bits per heavy atom. The number of likely N-dealkylation sites (N-methyl/N-ethyl adjacent to an activating group) is 1. The van der Waals surface area contributed by atoms with Crippen molar-refractivity contribution in [3.8, 4) is 11.5 Å². The van der Waals surface area contributed by atoms with E-state index in [9.17, 15) is 19.8 Å². The number of carbonyl (C=O) groups excluding carboxylic acids is 1. The number of carbonyl (C=O) groups is 1. The zero-order chi connectivity index (χ0) is 31.9. The number of hydrogen-bond donors (Lipinski definition) is 5. The van der Waals surface area contributed by atoms with Gasteiger partial charge in [-0.25, -0.2) is 4.79 Å². The van der Waals surface area contributed by atoms with Crippen molar-refractivity contribution in [3.63, 3.8) is 0 Å². The third-order valence-electron chi connectivity index (χ3n) is 9.63. The predicted octanol–water partition coefficient (Wildman–Crippen LogP) is 5.95. The second-order valence-corrected chi connectivity index (χ2v) is 12.8. The first kappa shape index (κ1) is 33.1. The fraction of sp³-hybridized carbons (Fsp3) is 0.529. The normalized spacial score (nSPS) is 19.6. The van der Waals surface area contributed by atoms with Gasteiger partial charge in [0, 0.05) is 48.8 Å². The summed E-state index contributed by atoms with van der Waals surface area (Å²) < 4.78 is 11.0. The number of pyridine rings is 1. The van der Waals surface area contributed by atoms with E-state index in [2.05, 4.69) is 27.6 Å². The minimum absolute atomic E-state index is 0.0670. The third kappa shape index (κ3) is 8.30. The number of phenols is 1. The fourth-order valence-electron chi connectivity index (χ4n) is 7.08. The first-order valence-corrected chi connectivity index (χ1v) is 16.4. The molecule has 0 aliphatic heterocycles. The maximum absolute atomic E-state index is 12.6. The Kier molecular flexibility index (Phi) is 11.3. The first-order chi connectivity index (χ1) is 21.7. The number of H-pyrrole nitrogens is 1. The summed E-state index contributed by atoms with van der Waals surface area (Å²) in [5, 5.41) is 27.8. The van der Waals surface area contributed by atoms with E-state index in [-0.39, 0.29) is 30.0 Å². The molecule has 1 heterocycles. The fourth-order valence-corrected chi connectivity index (χ4v) is 7.31. The van der Waals surface area contributed by atoms with E-state index in [0.717, 1.165) is 17.4 Å². The summed E-state index contributed by atoms with van der Waals surface area (Å²) in [7, 11) is 3.65. The van der Waals surface area contributed by atoms with Gasteiger partial charge in [-0.1, -0.05) is 43.4 Å². The van der Waals surface area contributed by atoms with E-state index >= 15 is 0 Å². The Hall–Kier alpha value is -3.31. The number of phenolic OH excluding ortho intramolecular Hbond substituents is 1. The highest BCUT2D eigenvalue weighted by Gasteiger charge is 2.30. The molecule has 5 rings (SSSR count). The number of nitrogens with zero attached hydrogens (tertiary/aromatic N) is 1. The number of aromatic amines is 1. The van der Waals surface area contributed by atoms with Crippen molar-refractivity contribution >= 4 is 34.3 Å². The van der Waals surface area contributed by atoms with Crippen molar-refractivity contribution in [1.29, 1.82) is 0 Å². The van der Waals surface area contributed by atoms with E-state index in [1.165, 1.54) is 70.6 Å². The smallest absolute Gasteiger partial charge is 0.411 e. The summed E-state index contributed by atoms with van der Waals surface area (Å²) >= 11 is 6.51. The average Bonchev–Trinajstić information content (AvgIpc) is 3.58. The molecule has 244 valence electrons. The van der Waals surface area contributed by atoms with Gasteiger partial charge < -0.3 is 34.9 Å². The quantitative estimate of drug-likeness (QED) is 0.164. The molecule has 0 unspecified atom stereocenters. The number of aliphatic hydroxyl groups excluding tert-OH is 1. The molecule has 11 heteroatoms. The molecule has 1 aromatic heterocycles. The molecule has 2 aromatic carbocycles. The van der Waals surface area contributed by atoms with Crippen molar-refractivity contribution in [2.45, 2.75) is 70.1 Å². The zero-order valence-corrected chi connectivity index (χ0v) is 26.9. The number of methoxy groups -OCH3 is 1. The molecule has 2 aliphatic carbocycles. The van der Waals surface area contributed by atoms with Crippen LogP contribution in [-0.4, -0.2) is 66.1 Å². The number of aromatic nitrogens is 1. The van der Waals surface area contributed by atoms with E-state index in [4.69, 9.17) is 21.1 Å². The van der Waals surface area contributed by atoms with Gasteiger partial charge in [-0.15, -0.1) is 0 Å². The maximum Gasteiger partial charge on any atom is 0.411 e. The number of halogens is 1. The third-order valence-corrected chi connectivity index (χ3v) is 9.95. The van der Waals surface area contributed by atoms with Crippen LogP contribution in [0.3, 0.4) is 0 Å². The second-order valence-electron chi connectivity index (χ2n) is 12.4. The summed E-state index contributed by atoms with van der Waals surface area (Å²) in [6, 6.07) is 9.88. The highest BCUT2D eigenvalue weighted by Crippen LogP contribution is 2.40. The van der Waals surface area contributed by atoms with Crippen LogP contribution in [-0.2, 0) is 11.3 Å². The SMILES string of the molecule is COc1cc(NC(=O)OCCN(C)C2CCC(C3CCCC3)CC2)c(Cl)cc1CNC[C@H](O)c1ccc(O)c2[nH]c(=O)ccc12. The van der Waals surface area contributed by atoms with E-state index < -0.39 is 12.2 Å². The molecule has 10 nitrogen and oxygen atoms in total. The number of rotatable bonds is 12. The van der Waals surface area contributed by atoms with Crippen molar-refractivity contribution < 1.29 is 24.5 Å². The minimum atomic E-state index is -0.915. The molecular formula is C34H45ClN4O6. The number of ether oxygens (including phenoxy) is 2. The molecule has 45 heavy (non-hydrogen) atoms. The summed E-state index contributed by atoms with van der Waals surface area (Å²) in [6.07, 6.45) is 9.21. The van der Waals surface area contributed by atoms with Gasteiger partial charge in [0.05, 0.1) is 29.4 Å². The molecule has 2 aliphatic rings. The number of hydrogen-bond acceptors (Lipinski definition) is 8. The van der Waals surface area contributed by atoms with E-state index in [1.807, 2.05) is 0 Å². The highest BCUT2D eigenvalue weighted by molar-refractivity contribution is 6.33. The lowest BCUT2D eigenvalue weighted by Crippen LogP contribution is -2.38. The molecule has 0 spiro atoms. The van der Waals surface area contributed by atoms with E-state index in [1.54, 1.807) is 24.3 Å². The molecule has 3 aromatic rings. The number of nitrogens with one attached hydrogen (secondary N) is 3. The number of fused-ring (bicyclic) bond motifs is 1. The molecule has 0 saturated heterocycles. The van der Waals surface area contributed by atoms with Gasteiger partial charge in [0.2, 0.25) is 5.56 Å². The highest BCUT2D eigenvalue weighted by atomic mass is 35.5. The van der Waals surface area contributed by atoms with Gasteiger partial charge >= 0.3 is 6.09 Å². The van der Waals surface area contributed by atoms with Crippen molar-refractivity contribution in [3.05, 3.63) is 62.9 Å². The number of benzene rings is 2. The molecule has 1 amide bonds. The molecule has 5 N–H and O–H groups in total. The topological polar surface area (TPSA) is 136 Å². The molecule has 0 bridgehead atoms. The lowest BCUT2D eigenvalue weighted by molar-refractivity contribution is 0.106. The van der Waals surface area contributed by atoms with Gasteiger partial charge in [0.1, 0.15) is 18.1 Å². The lowest BCUT2D eigenvalue weighted by atomic mass is 9.77. The van der Waals surface area contributed by atoms with Gasteiger partial charge in [-0.3, -0.25) is 10.1 Å². The Morgan fingerprint density at radius 2 is 1.82 bits per heavy atom. The van der Waals surface area contributed by atoms with Crippen LogP contribution in [0.4, 0.5) is 10.5 Å². The van der Waals surface area contributed by atoms with Crippen LogP contribution in [0.15, 0.2) is 41.2 Å². The molecule has 2 saturated carbocycles. The van der Waals surface area contributed by atoms with Crippen molar-refractivity contribution in [2.75, 3.05) is 39.2 Å². The van der Waals surface area contributed by atoms with Crippen molar-refractivity contribution in [2.24, 2.45) is 11.8 Å². The summed E-state index contributed by atoms with van der Waals surface area (Å²) in [6.45, 7) is 1.48. The second kappa shape index (κ2) is 15.3. The van der Waals surface area contributed by atoms with Gasteiger partial charge in [-0.2, -0.15) is 0 Å². The van der Waals surface area contributed by atoms with Crippen LogP contribution < -0.4 is 20.9 Å². The van der Waals surface area contributed by atoms with Crippen LogP contribution >= 0.6 is 11.6 Å². The number of amides is 1. The number of aromatic hydroxyl groups is 1. The molecule has 1 atom stereocenters. The Morgan fingerprint density at radius 3 is 2.56 bits per heavy atom. The van der Waals surface area contributed by atoms with Crippen LogP contribution in [0, 0.1) is 11.8 Å². The predicted molar refractivity (Wildman–Crippen MR) is 176 cm³/mol. The summed E-state index contributed by atoms with van der Waals surface area (Å²) in [5.41, 5.74) is 1.61.